The number of benzene rings is 4. The van der Waals surface area contributed by atoms with E-state index in [2.05, 4.69) is 176 Å². The maximum Gasteiger partial charge on any atom is 0.134 e. The van der Waals surface area contributed by atoms with Gasteiger partial charge in [0.25, 0.3) is 0 Å². The van der Waals surface area contributed by atoms with E-state index in [0.717, 1.165) is 40.8 Å². The van der Waals surface area contributed by atoms with Crippen molar-refractivity contribution in [2.45, 2.75) is 132 Å². The second kappa shape index (κ2) is 18.4. The molecule has 2 aromatic heterocycles. The van der Waals surface area contributed by atoms with E-state index in [9.17, 15) is 0 Å². The van der Waals surface area contributed by atoms with Crippen molar-refractivity contribution in [3.05, 3.63) is 130 Å². The SMILES string of the molecule is CCC(C)(C)c1nnc(-c2[c-]cccc2)n1-c1c(C)cc(C(C)(C)C)cc1C.Cc1cc(C(C)(C)C)cc(C)c1-n1c(-c2[c-]cccc2)nnc1C(C)C.[Ir].[Ir]. The minimum atomic E-state index is -0.0817. The average molecular weight is 1110 g/mol. The van der Waals surface area contributed by atoms with Gasteiger partial charge in [-0.05, 0) is 78.3 Å². The minimum Gasteiger partial charge on any atom is -0.319 e. The molecule has 0 aliphatic rings. The second-order valence-electron chi connectivity index (χ2n) is 17.8. The van der Waals surface area contributed by atoms with Gasteiger partial charge in [-0.25, -0.2) is 0 Å². The van der Waals surface area contributed by atoms with Gasteiger partial charge < -0.3 is 9.13 Å². The van der Waals surface area contributed by atoms with E-state index in [4.69, 9.17) is 0 Å². The smallest absolute Gasteiger partial charge is 0.134 e. The van der Waals surface area contributed by atoms with Gasteiger partial charge in [0.1, 0.15) is 11.6 Å². The predicted molar refractivity (Wildman–Crippen MR) is 225 cm³/mol. The van der Waals surface area contributed by atoms with Gasteiger partial charge in [0, 0.05) is 62.9 Å². The van der Waals surface area contributed by atoms with Crippen molar-refractivity contribution in [3.63, 3.8) is 0 Å². The Hall–Kier alpha value is -3.54. The fourth-order valence-electron chi connectivity index (χ4n) is 6.88. The molecule has 0 unspecified atom stereocenters. The van der Waals surface area contributed by atoms with Gasteiger partial charge in [-0.1, -0.05) is 100 Å². The maximum atomic E-state index is 4.66. The maximum absolute atomic E-state index is 4.66. The van der Waals surface area contributed by atoms with Gasteiger partial charge in [0.15, 0.2) is 0 Å². The number of hydrogen-bond acceptors (Lipinski definition) is 4. The number of nitrogens with zero attached hydrogens (tertiary/aromatic N) is 6. The third-order valence-electron chi connectivity index (χ3n) is 10.4. The third-order valence-corrected chi connectivity index (χ3v) is 10.4. The fraction of sp³-hybridized carbons (Fsp3) is 0.417. The van der Waals surface area contributed by atoms with Crippen LogP contribution in [0.1, 0.15) is 134 Å². The summed E-state index contributed by atoms with van der Waals surface area (Å²) in [5.41, 5.74) is 12.1. The fourth-order valence-corrected chi connectivity index (χ4v) is 6.88. The molecule has 2 heterocycles. The Labute approximate surface area is 364 Å². The molecule has 0 saturated heterocycles. The zero-order valence-corrected chi connectivity index (χ0v) is 40.9. The van der Waals surface area contributed by atoms with Crippen molar-refractivity contribution in [1.29, 1.82) is 0 Å². The van der Waals surface area contributed by atoms with Crippen LogP contribution in [0.3, 0.4) is 0 Å². The van der Waals surface area contributed by atoms with E-state index in [1.54, 1.807) is 0 Å². The van der Waals surface area contributed by atoms with Crippen molar-refractivity contribution in [2.24, 2.45) is 0 Å². The Morgan fingerprint density at radius 1 is 0.571 bits per heavy atom. The minimum absolute atomic E-state index is 0. The van der Waals surface area contributed by atoms with Crippen LogP contribution in [0.25, 0.3) is 34.2 Å². The molecule has 0 saturated carbocycles. The van der Waals surface area contributed by atoms with E-state index >= 15 is 0 Å². The quantitative estimate of drug-likeness (QED) is 0.149. The standard InChI is InChI=1S/C25H32N3.C23H28N3.2Ir/c1-9-25(7,8)23-27-26-22(19-13-11-10-12-14-19)28(23)21-17(2)15-20(16-18(21)3)24(4,5)6;1-15(2)21-24-25-22(18-11-9-8-10-12-18)26(21)20-16(3)13-19(14-17(20)4)23(5,6)7;;/h10-13,15-16H,9H2,1-8H3;8-11,13-15H,1-7H3;;/q2*-1;;. The molecule has 56 heavy (non-hydrogen) atoms. The first-order valence-corrected chi connectivity index (χ1v) is 19.4. The molecule has 6 nitrogen and oxygen atoms in total. The molecule has 2 radical (unpaired) electrons. The average Bonchev–Trinajstić information content (AvgIpc) is 3.74. The van der Waals surface area contributed by atoms with E-state index in [0.29, 0.717) is 0 Å². The summed E-state index contributed by atoms with van der Waals surface area (Å²) in [5, 5.41) is 18.3. The molecule has 0 aliphatic heterocycles. The summed E-state index contributed by atoms with van der Waals surface area (Å²) in [5.74, 6) is 3.96. The number of aryl methyl sites for hydroxylation is 4. The van der Waals surface area contributed by atoms with Crippen LogP contribution in [-0.2, 0) is 56.5 Å². The molecular formula is C48H60Ir2N6-2. The molecule has 0 amide bonds. The van der Waals surface area contributed by atoms with Gasteiger partial charge in [-0.2, -0.15) is 10.2 Å². The van der Waals surface area contributed by atoms with Crippen LogP contribution in [0.5, 0.6) is 0 Å². The number of aromatic nitrogens is 6. The molecule has 4 aromatic carbocycles. The summed E-state index contributed by atoms with van der Waals surface area (Å²) in [6.07, 6.45) is 0.988. The monoisotopic (exact) mass is 1110 g/mol. The Kier molecular flexibility index (Phi) is 15.4. The first-order chi connectivity index (χ1) is 25.3. The Morgan fingerprint density at radius 2 is 0.964 bits per heavy atom. The summed E-state index contributed by atoms with van der Waals surface area (Å²) in [4.78, 5) is 0. The van der Waals surface area contributed by atoms with Crippen molar-refractivity contribution in [2.75, 3.05) is 0 Å². The van der Waals surface area contributed by atoms with Crippen LogP contribution in [0, 0.1) is 39.8 Å². The zero-order valence-electron chi connectivity index (χ0n) is 36.1. The van der Waals surface area contributed by atoms with Crippen molar-refractivity contribution in [3.8, 4) is 34.2 Å². The van der Waals surface area contributed by atoms with Crippen molar-refractivity contribution < 1.29 is 40.2 Å². The van der Waals surface area contributed by atoms with Crippen LogP contribution >= 0.6 is 0 Å². The molecule has 302 valence electrons. The molecule has 8 heteroatoms. The van der Waals surface area contributed by atoms with E-state index < -0.39 is 0 Å². The van der Waals surface area contributed by atoms with Crippen LogP contribution < -0.4 is 0 Å². The van der Waals surface area contributed by atoms with E-state index in [1.165, 1.54) is 44.8 Å². The Balaban J connectivity index is 0.000000291. The molecule has 0 bridgehead atoms. The molecule has 6 rings (SSSR count). The zero-order chi connectivity index (χ0) is 39.7. The van der Waals surface area contributed by atoms with Gasteiger partial charge >= 0.3 is 0 Å². The summed E-state index contributed by atoms with van der Waals surface area (Å²) >= 11 is 0. The summed E-state index contributed by atoms with van der Waals surface area (Å²) in [7, 11) is 0. The van der Waals surface area contributed by atoms with E-state index in [-0.39, 0.29) is 62.4 Å². The topological polar surface area (TPSA) is 61.4 Å². The number of hydrogen-bond donors (Lipinski definition) is 0. The first kappa shape index (κ1) is 46.8. The summed E-state index contributed by atoms with van der Waals surface area (Å²) in [6, 6.07) is 31.8. The Morgan fingerprint density at radius 3 is 1.32 bits per heavy atom. The van der Waals surface area contributed by atoms with Crippen LogP contribution in [0.15, 0.2) is 72.8 Å². The molecule has 0 fully saturated rings. The van der Waals surface area contributed by atoms with Crippen LogP contribution in [0.4, 0.5) is 0 Å². The van der Waals surface area contributed by atoms with Gasteiger partial charge in [-0.15, -0.1) is 82.0 Å². The van der Waals surface area contributed by atoms with Gasteiger partial charge in [0.2, 0.25) is 0 Å². The predicted octanol–water partition coefficient (Wildman–Crippen LogP) is 12.1. The first-order valence-electron chi connectivity index (χ1n) is 19.4. The summed E-state index contributed by atoms with van der Waals surface area (Å²) in [6.45, 7) is 33.3. The molecular weight excluding hydrogens is 1050 g/mol. The third kappa shape index (κ3) is 9.94. The Bertz CT molecular complexity index is 2170. The molecule has 0 aliphatic carbocycles. The molecule has 0 spiro atoms. The van der Waals surface area contributed by atoms with Crippen molar-refractivity contribution in [1.82, 2.24) is 29.5 Å². The molecule has 0 atom stereocenters. The molecule has 6 aromatic rings. The van der Waals surface area contributed by atoms with Crippen molar-refractivity contribution >= 4 is 0 Å². The molecule has 0 N–H and O–H groups in total. The summed E-state index contributed by atoms with van der Waals surface area (Å²) < 4.78 is 4.47. The van der Waals surface area contributed by atoms with E-state index in [1.807, 2.05) is 42.5 Å². The largest absolute Gasteiger partial charge is 0.319 e. The second-order valence-corrected chi connectivity index (χ2v) is 17.8. The van der Waals surface area contributed by atoms with Crippen LogP contribution in [0.2, 0.25) is 0 Å². The van der Waals surface area contributed by atoms with Gasteiger partial charge in [-0.3, -0.25) is 0 Å². The van der Waals surface area contributed by atoms with Crippen LogP contribution in [-0.4, -0.2) is 29.5 Å². The van der Waals surface area contributed by atoms with Gasteiger partial charge in [0.05, 0.1) is 11.6 Å². The normalized spacial score (nSPS) is 11.8. The number of rotatable bonds is 7.